The molecule has 2 aliphatic heterocycles. The number of carbonyl (C=O) groups is 2. The van der Waals surface area contributed by atoms with Crippen molar-refractivity contribution in [3.8, 4) is 11.1 Å². The van der Waals surface area contributed by atoms with Gasteiger partial charge in [-0.1, -0.05) is 30.3 Å². The zero-order valence-corrected chi connectivity index (χ0v) is 20.1. The highest BCUT2D eigenvalue weighted by Crippen LogP contribution is 2.39. The lowest BCUT2D eigenvalue weighted by Crippen LogP contribution is -2.41. The van der Waals surface area contributed by atoms with Crippen LogP contribution in [0.3, 0.4) is 0 Å². The van der Waals surface area contributed by atoms with Crippen LogP contribution < -0.4 is 20.7 Å². The predicted molar refractivity (Wildman–Crippen MR) is 133 cm³/mol. The summed E-state index contributed by atoms with van der Waals surface area (Å²) < 4.78 is 10.8. The van der Waals surface area contributed by atoms with Crippen LogP contribution in [0.2, 0.25) is 0 Å². The number of thiophene rings is 1. The first-order valence-electron chi connectivity index (χ1n) is 11.1. The molecule has 5 rings (SSSR count). The molecule has 2 aromatic heterocycles. The van der Waals surface area contributed by atoms with E-state index < -0.39 is 5.91 Å². The number of hydrazine groups is 1. The third-order valence-electron chi connectivity index (χ3n) is 5.62. The van der Waals surface area contributed by atoms with Crippen LogP contribution in [0.15, 0.2) is 41.8 Å². The minimum atomic E-state index is -0.447. The van der Waals surface area contributed by atoms with Crippen LogP contribution in [0, 0.1) is 0 Å². The highest BCUT2D eigenvalue weighted by atomic mass is 32.1. The van der Waals surface area contributed by atoms with Gasteiger partial charge >= 0.3 is 0 Å². The number of hydrogen-bond acceptors (Lipinski definition) is 9. The molecule has 3 aromatic rings. The maximum atomic E-state index is 12.9. The van der Waals surface area contributed by atoms with Crippen molar-refractivity contribution < 1.29 is 19.1 Å². The van der Waals surface area contributed by atoms with E-state index in [0.717, 1.165) is 47.4 Å². The summed E-state index contributed by atoms with van der Waals surface area (Å²) >= 11 is 2.82. The molecule has 0 spiro atoms. The molecule has 178 valence electrons. The second kappa shape index (κ2) is 10.5. The van der Waals surface area contributed by atoms with E-state index in [1.165, 1.54) is 22.7 Å². The number of carbonyl (C=O) groups excluding carboxylic acids is 2. The van der Waals surface area contributed by atoms with E-state index in [2.05, 4.69) is 25.6 Å². The van der Waals surface area contributed by atoms with Crippen LogP contribution >= 0.6 is 22.7 Å². The average Bonchev–Trinajstić information content (AvgIpc) is 3.57. The molecule has 0 aliphatic carbocycles. The number of benzene rings is 1. The molecule has 34 heavy (non-hydrogen) atoms. The van der Waals surface area contributed by atoms with Crippen molar-refractivity contribution in [2.24, 2.45) is 0 Å². The lowest BCUT2D eigenvalue weighted by molar-refractivity contribution is 0.0846. The molecule has 0 bridgehead atoms. The van der Waals surface area contributed by atoms with E-state index >= 15 is 0 Å². The van der Waals surface area contributed by atoms with Gasteiger partial charge in [0.25, 0.3) is 11.8 Å². The van der Waals surface area contributed by atoms with Crippen LogP contribution in [0.25, 0.3) is 11.1 Å². The van der Waals surface area contributed by atoms with Crippen LogP contribution in [0.1, 0.15) is 20.2 Å². The summed E-state index contributed by atoms with van der Waals surface area (Å²) in [6, 6.07) is 11.9. The van der Waals surface area contributed by atoms with E-state index in [4.69, 9.17) is 9.47 Å². The molecule has 1 aromatic carbocycles. The Kier molecular flexibility index (Phi) is 7.05. The molecule has 2 amide bonds. The summed E-state index contributed by atoms with van der Waals surface area (Å²) in [4.78, 5) is 34.8. The number of thiazole rings is 1. The fraction of sp³-hybridized carbons (Fsp3) is 0.348. The van der Waals surface area contributed by atoms with Crippen molar-refractivity contribution in [1.82, 2.24) is 15.8 Å². The Balaban J connectivity index is 1.27. The zero-order valence-electron chi connectivity index (χ0n) is 18.5. The van der Waals surface area contributed by atoms with E-state index in [9.17, 15) is 9.59 Å². The fourth-order valence-electron chi connectivity index (χ4n) is 3.83. The molecule has 2 fully saturated rings. The van der Waals surface area contributed by atoms with Crippen molar-refractivity contribution in [3.63, 3.8) is 0 Å². The number of nitrogens with zero attached hydrogens (tertiary/aromatic N) is 3. The number of nitrogens with one attached hydrogen (secondary N) is 2. The molecule has 11 heteroatoms. The maximum absolute atomic E-state index is 12.9. The molecule has 9 nitrogen and oxygen atoms in total. The Labute approximate surface area is 205 Å². The van der Waals surface area contributed by atoms with Crippen LogP contribution in [0.4, 0.5) is 10.1 Å². The zero-order chi connectivity index (χ0) is 23.3. The predicted octanol–water partition coefficient (Wildman–Crippen LogP) is 2.62. The lowest BCUT2D eigenvalue weighted by Gasteiger charge is -2.28. The normalized spacial score (nSPS) is 16.4. The molecule has 0 atom stereocenters. The van der Waals surface area contributed by atoms with Crippen molar-refractivity contribution in [3.05, 3.63) is 52.3 Å². The summed E-state index contributed by atoms with van der Waals surface area (Å²) in [6.07, 6.45) is 0. The van der Waals surface area contributed by atoms with Crippen molar-refractivity contribution >= 4 is 44.6 Å². The van der Waals surface area contributed by atoms with Gasteiger partial charge in [0.15, 0.2) is 5.13 Å². The first kappa shape index (κ1) is 22.8. The summed E-state index contributed by atoms with van der Waals surface area (Å²) in [7, 11) is 0. The van der Waals surface area contributed by atoms with Gasteiger partial charge in [-0.2, -0.15) is 0 Å². The monoisotopic (exact) mass is 499 g/mol. The summed E-state index contributed by atoms with van der Waals surface area (Å²) in [5.74, 6) is -0.809. The van der Waals surface area contributed by atoms with Crippen LogP contribution in [-0.2, 0) is 9.47 Å². The molecule has 4 heterocycles. The Bertz CT molecular complexity index is 1140. The summed E-state index contributed by atoms with van der Waals surface area (Å²) in [5, 5.41) is 3.50. The highest BCUT2D eigenvalue weighted by molar-refractivity contribution is 7.18. The Hall–Kier alpha value is -2.99. The molecule has 0 saturated carbocycles. The number of rotatable bonds is 5. The number of ether oxygens (including phenoxy) is 2. The van der Waals surface area contributed by atoms with Crippen molar-refractivity contribution in [2.75, 3.05) is 62.4 Å². The smallest absolute Gasteiger partial charge is 0.289 e. The van der Waals surface area contributed by atoms with Gasteiger partial charge in [-0.15, -0.1) is 22.7 Å². The van der Waals surface area contributed by atoms with Crippen molar-refractivity contribution in [2.45, 2.75) is 0 Å². The average molecular weight is 500 g/mol. The Morgan fingerprint density at radius 2 is 1.53 bits per heavy atom. The van der Waals surface area contributed by atoms with Gasteiger partial charge in [0.05, 0.1) is 36.3 Å². The van der Waals surface area contributed by atoms with Crippen LogP contribution in [-0.4, -0.2) is 69.4 Å². The van der Waals surface area contributed by atoms with Crippen molar-refractivity contribution in [1.29, 1.82) is 0 Å². The molecular formula is C23H25N5O4S2. The van der Waals surface area contributed by atoms with Gasteiger partial charge in [-0.05, 0) is 11.6 Å². The molecule has 0 unspecified atom stereocenters. The van der Waals surface area contributed by atoms with E-state index in [1.54, 1.807) is 5.38 Å². The second-order valence-corrected chi connectivity index (χ2v) is 9.69. The third kappa shape index (κ3) is 5.07. The molecular weight excluding hydrogens is 474 g/mol. The standard InChI is InChI=1S/C23H25N5O4S2/c29-20(18-15-33-23(24-18)28-8-12-32-13-9-28)25-26-21(30)19-14-17(16-4-2-1-3-5-16)22(34-19)27-6-10-31-11-7-27/h1-5,14-15H,6-13H2,(H,25,29)(H,26,30). The second-order valence-electron chi connectivity index (χ2n) is 7.82. The largest absolute Gasteiger partial charge is 0.378 e. The van der Waals surface area contributed by atoms with E-state index in [0.29, 0.717) is 31.3 Å². The highest BCUT2D eigenvalue weighted by Gasteiger charge is 2.23. The number of morpholine rings is 2. The lowest BCUT2D eigenvalue weighted by atomic mass is 10.1. The quantitative estimate of drug-likeness (QED) is 0.521. The number of anilines is 2. The molecule has 2 aliphatic rings. The minimum absolute atomic E-state index is 0.275. The first-order chi connectivity index (χ1) is 16.7. The fourth-order valence-corrected chi connectivity index (χ4v) is 5.81. The summed E-state index contributed by atoms with van der Waals surface area (Å²) in [6.45, 7) is 5.65. The van der Waals surface area contributed by atoms with Gasteiger partial charge in [-0.25, -0.2) is 4.98 Å². The van der Waals surface area contributed by atoms with E-state index in [1.807, 2.05) is 36.4 Å². The molecule has 2 saturated heterocycles. The van der Waals surface area contributed by atoms with Crippen LogP contribution in [0.5, 0.6) is 0 Å². The number of hydrogen-bond donors (Lipinski definition) is 2. The van der Waals surface area contributed by atoms with Gasteiger partial charge in [0.2, 0.25) is 0 Å². The summed E-state index contributed by atoms with van der Waals surface area (Å²) in [5.41, 5.74) is 7.35. The number of amides is 2. The van der Waals surface area contributed by atoms with Gasteiger partial charge < -0.3 is 19.3 Å². The van der Waals surface area contributed by atoms with Gasteiger partial charge in [0.1, 0.15) is 5.69 Å². The maximum Gasteiger partial charge on any atom is 0.289 e. The SMILES string of the molecule is O=C(NNC(=O)c1cc(-c2ccccc2)c(N2CCOCC2)s1)c1csc(N2CCOCC2)n1. The number of aromatic nitrogens is 1. The topological polar surface area (TPSA) is 96.0 Å². The Morgan fingerprint density at radius 1 is 0.882 bits per heavy atom. The van der Waals surface area contributed by atoms with Gasteiger partial charge in [-0.3, -0.25) is 20.4 Å². The molecule has 2 N–H and O–H groups in total. The first-order valence-corrected chi connectivity index (χ1v) is 12.8. The molecule has 0 radical (unpaired) electrons. The third-order valence-corrected chi connectivity index (χ3v) is 7.71. The Morgan fingerprint density at radius 3 is 2.24 bits per heavy atom. The van der Waals surface area contributed by atoms with Gasteiger partial charge in [0, 0.05) is 37.1 Å². The van der Waals surface area contributed by atoms with E-state index in [-0.39, 0.29) is 11.6 Å². The minimum Gasteiger partial charge on any atom is -0.378 e.